The van der Waals surface area contributed by atoms with Crippen LogP contribution in [-0.2, 0) is 30.7 Å². The molecule has 2 aromatic carbocycles. The van der Waals surface area contributed by atoms with Crippen LogP contribution in [0.1, 0.15) is 60.2 Å². The summed E-state index contributed by atoms with van der Waals surface area (Å²) in [4.78, 5) is 14.7. The van der Waals surface area contributed by atoms with Gasteiger partial charge in [-0.25, -0.2) is 12.8 Å². The van der Waals surface area contributed by atoms with Crippen LogP contribution in [0.4, 0.5) is 10.1 Å². The largest absolute Gasteiger partial charge is 0.379 e. The molecule has 9 nitrogen and oxygen atoms in total. The van der Waals surface area contributed by atoms with E-state index in [0.717, 1.165) is 43.1 Å². The minimum atomic E-state index is -3.71. The number of sulfone groups is 1. The molecule has 13 heteroatoms. The Bertz CT molecular complexity index is 1660. The molecule has 248 valence electrons. The van der Waals surface area contributed by atoms with Crippen LogP contribution >= 0.6 is 23.2 Å². The van der Waals surface area contributed by atoms with E-state index in [4.69, 9.17) is 41.9 Å². The Balaban J connectivity index is 1.05. The van der Waals surface area contributed by atoms with Crippen LogP contribution in [-0.4, -0.2) is 76.0 Å². The number of rotatable bonds is 16. The molecule has 46 heavy (non-hydrogen) atoms. The lowest BCUT2D eigenvalue weighted by atomic mass is 10.0. The zero-order valence-corrected chi connectivity index (χ0v) is 27.9. The van der Waals surface area contributed by atoms with Crippen LogP contribution in [0, 0.1) is 11.7 Å². The first-order valence-electron chi connectivity index (χ1n) is 15.6. The second kappa shape index (κ2) is 14.3. The zero-order valence-electron chi connectivity index (χ0n) is 25.6. The first kappa shape index (κ1) is 33.4. The number of Topliss-reactive ketones (excluding diaryl/α,β-unsaturated/α-hetero) is 1. The summed E-state index contributed by atoms with van der Waals surface area (Å²) in [6.45, 7) is 3.95. The zero-order chi connectivity index (χ0) is 32.4. The van der Waals surface area contributed by atoms with Crippen LogP contribution in [0.3, 0.4) is 0 Å². The lowest BCUT2D eigenvalue weighted by Gasteiger charge is -2.33. The summed E-state index contributed by atoms with van der Waals surface area (Å²) in [5, 5.41) is 5.34. The minimum absolute atomic E-state index is 0.0185. The Labute approximate surface area is 278 Å². The molecule has 3 aliphatic rings. The monoisotopic (exact) mass is 694 g/mol. The van der Waals surface area contributed by atoms with Crippen LogP contribution in [0.5, 0.6) is 0 Å². The molecular formula is C33H37Cl2FN2O7S. The third kappa shape index (κ3) is 7.45. The molecule has 1 aliphatic heterocycles. The normalized spacial score (nSPS) is 21.0. The molecule has 6 rings (SSSR count). The van der Waals surface area contributed by atoms with E-state index >= 15 is 4.39 Å². The third-order valence-electron chi connectivity index (χ3n) is 8.93. The average Bonchev–Trinajstić information content (AvgIpc) is 3.47. The highest BCUT2D eigenvalue weighted by molar-refractivity contribution is 7.92. The van der Waals surface area contributed by atoms with Gasteiger partial charge >= 0.3 is 0 Å². The van der Waals surface area contributed by atoms with Crippen LogP contribution < -0.4 is 4.90 Å². The highest BCUT2D eigenvalue weighted by Gasteiger charge is 2.46. The van der Waals surface area contributed by atoms with E-state index < -0.39 is 27.2 Å². The molecule has 2 saturated carbocycles. The minimum Gasteiger partial charge on any atom is -0.379 e. The van der Waals surface area contributed by atoms with Crippen LogP contribution in [0.15, 0.2) is 40.9 Å². The van der Waals surface area contributed by atoms with Gasteiger partial charge in [-0.3, -0.25) is 4.79 Å². The lowest BCUT2D eigenvalue weighted by Crippen LogP contribution is -2.39. The van der Waals surface area contributed by atoms with E-state index in [0.29, 0.717) is 59.3 Å². The number of piperidine rings is 1. The fraction of sp³-hybridized carbons (Fsp3) is 0.515. The van der Waals surface area contributed by atoms with Gasteiger partial charge in [-0.15, -0.1) is 0 Å². The van der Waals surface area contributed by atoms with Crippen molar-refractivity contribution in [3.63, 3.8) is 0 Å². The van der Waals surface area contributed by atoms with Gasteiger partial charge in [0.1, 0.15) is 23.0 Å². The number of carbonyl (C=O) groups is 1. The van der Waals surface area contributed by atoms with Crippen LogP contribution in [0.2, 0.25) is 10.0 Å². The van der Waals surface area contributed by atoms with Crippen molar-refractivity contribution in [1.29, 1.82) is 0 Å². The van der Waals surface area contributed by atoms with Gasteiger partial charge < -0.3 is 23.6 Å². The predicted octanol–water partition coefficient (Wildman–Crippen LogP) is 6.50. The van der Waals surface area contributed by atoms with Gasteiger partial charge in [-0.1, -0.05) is 34.4 Å². The quantitative estimate of drug-likeness (QED) is 0.123. The molecule has 0 amide bonds. The molecule has 0 spiro atoms. The number of anilines is 1. The van der Waals surface area contributed by atoms with E-state index in [9.17, 15) is 13.2 Å². The van der Waals surface area contributed by atoms with E-state index in [1.807, 2.05) is 11.8 Å². The smallest absolute Gasteiger partial charge is 0.177 e. The van der Waals surface area contributed by atoms with Crippen molar-refractivity contribution >= 4 is 44.5 Å². The topological polar surface area (TPSA) is 108 Å². The molecule has 1 saturated heterocycles. The lowest BCUT2D eigenvalue weighted by molar-refractivity contribution is 0.0122. The second-order valence-corrected chi connectivity index (χ2v) is 15.1. The fourth-order valence-corrected chi connectivity index (χ4v) is 8.12. The number of fused-ring (bicyclic) bond motifs is 2. The van der Waals surface area contributed by atoms with Crippen molar-refractivity contribution in [3.8, 4) is 11.3 Å². The Kier molecular flexibility index (Phi) is 10.4. The summed E-state index contributed by atoms with van der Waals surface area (Å²) in [5.74, 6) is -0.846. The van der Waals surface area contributed by atoms with Gasteiger partial charge in [0.15, 0.2) is 15.6 Å². The molecule has 0 unspecified atom stereocenters. The molecule has 3 atom stereocenters. The molecular weight excluding hydrogens is 658 g/mol. The first-order chi connectivity index (χ1) is 22.1. The van der Waals surface area contributed by atoms with Crippen molar-refractivity contribution < 1.29 is 36.3 Å². The van der Waals surface area contributed by atoms with Gasteiger partial charge in [0.2, 0.25) is 0 Å². The highest BCUT2D eigenvalue weighted by Crippen LogP contribution is 2.47. The number of ketones is 1. The third-order valence-corrected chi connectivity index (χ3v) is 11.1. The fourth-order valence-electron chi connectivity index (χ4n) is 6.46. The van der Waals surface area contributed by atoms with Gasteiger partial charge in [0, 0.05) is 47.7 Å². The highest BCUT2D eigenvalue weighted by atomic mass is 35.5. The van der Waals surface area contributed by atoms with Crippen LogP contribution in [0.25, 0.3) is 11.3 Å². The summed E-state index contributed by atoms with van der Waals surface area (Å²) in [6.07, 6.45) is 3.64. The summed E-state index contributed by atoms with van der Waals surface area (Å²) < 4.78 is 62.8. The second-order valence-electron chi connectivity index (χ2n) is 12.1. The summed E-state index contributed by atoms with van der Waals surface area (Å²) in [5.41, 5.74) is 2.55. The van der Waals surface area contributed by atoms with Crippen molar-refractivity contribution in [2.45, 2.75) is 57.3 Å². The van der Waals surface area contributed by atoms with Crippen molar-refractivity contribution in [1.82, 2.24) is 5.16 Å². The van der Waals surface area contributed by atoms with Gasteiger partial charge in [0.05, 0.1) is 54.0 Å². The number of ether oxygens (including phenoxy) is 3. The number of carbonyl (C=O) groups excluding carboxylic acids is 1. The molecule has 2 heterocycles. The first-order valence-corrected chi connectivity index (χ1v) is 18.2. The molecule has 0 N–H and O–H groups in total. The van der Waals surface area contributed by atoms with Gasteiger partial charge in [0.25, 0.3) is 0 Å². The molecule has 3 aromatic rings. The Morgan fingerprint density at radius 3 is 2.52 bits per heavy atom. The van der Waals surface area contributed by atoms with Crippen molar-refractivity contribution in [3.05, 3.63) is 69.1 Å². The van der Waals surface area contributed by atoms with E-state index in [2.05, 4.69) is 5.16 Å². The van der Waals surface area contributed by atoms with Gasteiger partial charge in [-0.2, -0.15) is 0 Å². The Hall–Kier alpha value is -2.54. The predicted molar refractivity (Wildman–Crippen MR) is 173 cm³/mol. The van der Waals surface area contributed by atoms with Gasteiger partial charge in [-0.05, 0) is 62.9 Å². The standard InChI is InChI=1S/C33H37Cl2FN2O7S/c1-2-42-10-11-43-12-13-46(40,41)19-29(39)21-8-9-28(27(36)15-21)38-17-22-14-23(38)16-30(22)44-18-24-32(37-45-33(24)20-6-7-20)31-25(34)4-3-5-26(31)35/h3-5,8-9,15,20,22-23,30H,2,6-7,10-14,16-19H2,1H3/t22-,23-,30+/m0/s1. The summed E-state index contributed by atoms with van der Waals surface area (Å²) >= 11 is 13.0. The maximum atomic E-state index is 15.4. The summed E-state index contributed by atoms with van der Waals surface area (Å²) in [7, 11) is -3.71. The Morgan fingerprint density at radius 2 is 1.85 bits per heavy atom. The molecule has 2 bridgehead atoms. The number of halogens is 3. The van der Waals surface area contributed by atoms with Crippen molar-refractivity contribution in [2.75, 3.05) is 49.4 Å². The maximum absolute atomic E-state index is 15.4. The molecule has 0 radical (unpaired) electrons. The van der Waals surface area contributed by atoms with Crippen molar-refractivity contribution in [2.24, 2.45) is 5.92 Å². The number of hydrogen-bond acceptors (Lipinski definition) is 9. The van der Waals surface area contributed by atoms with E-state index in [-0.39, 0.29) is 42.6 Å². The number of hydrogen-bond donors (Lipinski definition) is 0. The summed E-state index contributed by atoms with van der Waals surface area (Å²) in [6, 6.07) is 9.63. The van der Waals surface area contributed by atoms with E-state index in [1.54, 1.807) is 24.3 Å². The maximum Gasteiger partial charge on any atom is 0.177 e. The average molecular weight is 696 g/mol. The molecule has 2 aliphatic carbocycles. The number of benzene rings is 2. The molecule has 3 fully saturated rings. The molecule has 1 aromatic heterocycles. The number of aromatic nitrogens is 1. The van der Waals surface area contributed by atoms with E-state index in [1.165, 1.54) is 6.07 Å². The SMILES string of the molecule is CCOCCOCCS(=O)(=O)CC(=O)c1ccc(N2C[C@@H]3C[C@H]2C[C@H]3OCc2c(-c3c(Cl)cccc3Cl)noc2C2CC2)c(F)c1. The number of nitrogens with zero attached hydrogens (tertiary/aromatic N) is 2. The Morgan fingerprint density at radius 1 is 1.09 bits per heavy atom.